The van der Waals surface area contributed by atoms with Crippen molar-refractivity contribution < 1.29 is 9.47 Å². The minimum atomic E-state index is 0.441. The number of tetrazole rings is 1. The van der Waals surface area contributed by atoms with Crippen molar-refractivity contribution in [2.75, 3.05) is 14.2 Å². The van der Waals surface area contributed by atoms with Gasteiger partial charge in [-0.15, -0.1) is 5.10 Å². The van der Waals surface area contributed by atoms with Crippen molar-refractivity contribution in [3.8, 4) is 17.2 Å². The van der Waals surface area contributed by atoms with Crippen molar-refractivity contribution in [2.45, 2.75) is 30.7 Å². The number of nitrogens with zero attached hydrogens (tertiary/aromatic N) is 4. The smallest absolute Gasteiger partial charge is 0.214 e. The summed E-state index contributed by atoms with van der Waals surface area (Å²) in [5, 5.41) is 13.1. The molecule has 0 N–H and O–H groups in total. The minimum absolute atomic E-state index is 0.441. The van der Waals surface area contributed by atoms with Crippen LogP contribution in [0, 0.1) is 0 Å². The van der Waals surface area contributed by atoms with Gasteiger partial charge in [0.05, 0.1) is 14.2 Å². The molecular weight excluding hydrogens is 276 g/mol. The summed E-state index contributed by atoms with van der Waals surface area (Å²) in [6, 6.07) is 5.54. The molecule has 1 heterocycles. The van der Waals surface area contributed by atoms with Gasteiger partial charge in [-0.2, -0.15) is 4.68 Å². The molecule has 0 aliphatic heterocycles. The highest BCUT2D eigenvalue weighted by Crippen LogP contribution is 2.31. The molecule has 0 amide bonds. The van der Waals surface area contributed by atoms with E-state index in [1.807, 2.05) is 18.2 Å². The molecule has 1 atom stereocenters. The lowest BCUT2D eigenvalue weighted by atomic mass is 10.3. The largest absolute Gasteiger partial charge is 0.497 e. The van der Waals surface area contributed by atoms with Gasteiger partial charge in [-0.05, 0) is 29.0 Å². The number of hydrogen-bond acceptors (Lipinski definition) is 6. The lowest BCUT2D eigenvalue weighted by Crippen LogP contribution is -2.04. The Hall–Kier alpha value is -1.76. The molecule has 108 valence electrons. The second-order valence-corrected chi connectivity index (χ2v) is 5.65. The summed E-state index contributed by atoms with van der Waals surface area (Å²) in [5.74, 6) is 1.43. The summed E-state index contributed by atoms with van der Waals surface area (Å²) in [5.41, 5.74) is 0.766. The fourth-order valence-electron chi connectivity index (χ4n) is 1.63. The van der Waals surface area contributed by atoms with E-state index in [1.54, 1.807) is 30.7 Å². The molecule has 0 spiro atoms. The number of rotatable bonds is 6. The molecule has 0 aliphatic rings. The van der Waals surface area contributed by atoms with Gasteiger partial charge in [0.15, 0.2) is 0 Å². The molecular formula is C13H18N4O2S. The van der Waals surface area contributed by atoms with Crippen molar-refractivity contribution in [1.29, 1.82) is 0 Å². The minimum Gasteiger partial charge on any atom is -0.497 e. The summed E-state index contributed by atoms with van der Waals surface area (Å²) >= 11 is 1.63. The Bertz CT molecular complexity index is 573. The molecule has 0 saturated carbocycles. The van der Waals surface area contributed by atoms with Gasteiger partial charge >= 0.3 is 0 Å². The molecule has 0 aliphatic carbocycles. The topological polar surface area (TPSA) is 62.1 Å². The zero-order valence-corrected chi connectivity index (χ0v) is 12.8. The number of ether oxygens (including phenoxy) is 2. The summed E-state index contributed by atoms with van der Waals surface area (Å²) < 4.78 is 12.3. The van der Waals surface area contributed by atoms with Crippen LogP contribution in [-0.2, 0) is 0 Å². The van der Waals surface area contributed by atoms with E-state index in [9.17, 15) is 0 Å². The van der Waals surface area contributed by atoms with Crippen molar-refractivity contribution in [3.63, 3.8) is 0 Å². The van der Waals surface area contributed by atoms with Crippen LogP contribution in [0.2, 0.25) is 0 Å². The van der Waals surface area contributed by atoms with Gasteiger partial charge in [0.1, 0.15) is 17.2 Å². The first kappa shape index (κ1) is 14.6. The normalized spacial score (nSPS) is 12.2. The first-order valence-corrected chi connectivity index (χ1v) is 7.25. The second kappa shape index (κ2) is 6.60. The third-order valence-electron chi connectivity index (χ3n) is 2.94. The number of thioether (sulfide) groups is 1. The zero-order valence-electron chi connectivity index (χ0n) is 12.0. The Morgan fingerprint density at radius 2 is 2.10 bits per heavy atom. The van der Waals surface area contributed by atoms with Gasteiger partial charge < -0.3 is 9.47 Å². The van der Waals surface area contributed by atoms with E-state index >= 15 is 0 Å². The van der Waals surface area contributed by atoms with E-state index in [0.717, 1.165) is 23.0 Å². The molecule has 20 heavy (non-hydrogen) atoms. The predicted molar refractivity (Wildman–Crippen MR) is 77.9 cm³/mol. The number of methoxy groups -OCH3 is 2. The van der Waals surface area contributed by atoms with E-state index in [1.165, 1.54) is 0 Å². The van der Waals surface area contributed by atoms with Gasteiger partial charge in [-0.25, -0.2) is 0 Å². The Morgan fingerprint density at radius 1 is 1.30 bits per heavy atom. The average Bonchev–Trinajstić information content (AvgIpc) is 2.94. The van der Waals surface area contributed by atoms with E-state index in [2.05, 4.69) is 29.4 Å². The molecule has 1 aromatic carbocycles. The van der Waals surface area contributed by atoms with Crippen LogP contribution in [0.5, 0.6) is 11.5 Å². The van der Waals surface area contributed by atoms with Crippen LogP contribution in [-0.4, -0.2) is 39.7 Å². The fourth-order valence-corrected chi connectivity index (χ4v) is 2.47. The standard InChI is InChI=1S/C13H18N4O2S/c1-5-9(2)20-13-14-15-16-17(13)11-8-10(18-3)6-7-12(11)19-4/h6-9H,5H2,1-4H3/t9-/m1/s1. The maximum atomic E-state index is 5.37. The van der Waals surface area contributed by atoms with Gasteiger partial charge in [0, 0.05) is 11.3 Å². The summed E-state index contributed by atoms with van der Waals surface area (Å²) in [7, 11) is 3.25. The van der Waals surface area contributed by atoms with Crippen molar-refractivity contribution >= 4 is 11.8 Å². The molecule has 0 fully saturated rings. The SMILES string of the molecule is CC[C@@H](C)Sc1nnnn1-c1cc(OC)ccc1OC. The second-order valence-electron chi connectivity index (χ2n) is 4.25. The van der Waals surface area contributed by atoms with Gasteiger partial charge in [0.25, 0.3) is 0 Å². The van der Waals surface area contributed by atoms with Gasteiger partial charge in [-0.1, -0.05) is 25.6 Å². The lowest BCUT2D eigenvalue weighted by molar-refractivity contribution is 0.399. The fraction of sp³-hybridized carbons (Fsp3) is 0.462. The van der Waals surface area contributed by atoms with Gasteiger partial charge in [0.2, 0.25) is 5.16 Å². The number of hydrogen-bond donors (Lipinski definition) is 0. The molecule has 0 bridgehead atoms. The first-order chi connectivity index (χ1) is 9.69. The molecule has 7 heteroatoms. The van der Waals surface area contributed by atoms with Crippen LogP contribution in [0.1, 0.15) is 20.3 Å². The number of aromatic nitrogens is 4. The molecule has 0 saturated heterocycles. The van der Waals surface area contributed by atoms with Crippen LogP contribution in [0.4, 0.5) is 0 Å². The molecule has 1 aromatic heterocycles. The first-order valence-electron chi connectivity index (χ1n) is 6.37. The highest BCUT2D eigenvalue weighted by atomic mass is 32.2. The Labute approximate surface area is 122 Å². The van der Waals surface area contributed by atoms with Crippen molar-refractivity contribution in [2.24, 2.45) is 0 Å². The van der Waals surface area contributed by atoms with E-state index in [0.29, 0.717) is 11.0 Å². The molecule has 6 nitrogen and oxygen atoms in total. The molecule has 0 unspecified atom stereocenters. The summed E-state index contributed by atoms with van der Waals surface area (Å²) in [6.45, 7) is 4.28. The third-order valence-corrected chi connectivity index (χ3v) is 4.14. The Kier molecular flexibility index (Phi) is 4.84. The number of benzene rings is 1. The van der Waals surface area contributed by atoms with Crippen molar-refractivity contribution in [3.05, 3.63) is 18.2 Å². The van der Waals surface area contributed by atoms with E-state index < -0.39 is 0 Å². The summed E-state index contributed by atoms with van der Waals surface area (Å²) in [4.78, 5) is 0. The van der Waals surface area contributed by atoms with Crippen LogP contribution in [0.3, 0.4) is 0 Å². The predicted octanol–water partition coefficient (Wildman–Crippen LogP) is 2.57. The zero-order chi connectivity index (χ0) is 14.5. The monoisotopic (exact) mass is 294 g/mol. The Morgan fingerprint density at radius 3 is 2.75 bits per heavy atom. The van der Waals surface area contributed by atoms with Crippen molar-refractivity contribution in [1.82, 2.24) is 20.2 Å². The molecule has 2 rings (SSSR count). The highest BCUT2D eigenvalue weighted by Gasteiger charge is 2.16. The van der Waals surface area contributed by atoms with E-state index in [4.69, 9.17) is 9.47 Å². The quantitative estimate of drug-likeness (QED) is 0.763. The highest BCUT2D eigenvalue weighted by molar-refractivity contribution is 7.99. The molecule has 0 radical (unpaired) electrons. The lowest BCUT2D eigenvalue weighted by Gasteiger charge is -2.12. The maximum absolute atomic E-state index is 5.37. The van der Waals surface area contributed by atoms with Crippen LogP contribution in [0.15, 0.2) is 23.4 Å². The van der Waals surface area contributed by atoms with E-state index in [-0.39, 0.29) is 0 Å². The van der Waals surface area contributed by atoms with Crippen LogP contribution < -0.4 is 9.47 Å². The summed E-state index contributed by atoms with van der Waals surface area (Å²) in [6.07, 6.45) is 1.05. The van der Waals surface area contributed by atoms with Crippen LogP contribution >= 0.6 is 11.8 Å². The average molecular weight is 294 g/mol. The van der Waals surface area contributed by atoms with Crippen LogP contribution in [0.25, 0.3) is 5.69 Å². The Balaban J connectivity index is 2.43. The maximum Gasteiger partial charge on any atom is 0.214 e. The molecule has 2 aromatic rings. The van der Waals surface area contributed by atoms with Gasteiger partial charge in [-0.3, -0.25) is 0 Å². The third kappa shape index (κ3) is 3.04.